The van der Waals surface area contributed by atoms with Crippen LogP contribution in [0.2, 0.25) is 0 Å². The first-order valence-corrected chi connectivity index (χ1v) is 6.69. The second-order valence-electron chi connectivity index (χ2n) is 4.18. The molecule has 1 aromatic carbocycles. The second kappa shape index (κ2) is 6.22. The molecule has 2 aromatic rings. The van der Waals surface area contributed by atoms with Gasteiger partial charge >= 0.3 is 6.18 Å². The van der Waals surface area contributed by atoms with E-state index in [2.05, 4.69) is 20.9 Å². The van der Waals surface area contributed by atoms with Crippen molar-refractivity contribution in [3.05, 3.63) is 57.8 Å². The molecule has 9 heteroatoms. The maximum absolute atomic E-state index is 12.8. The Morgan fingerprint density at radius 3 is 2.32 bits per heavy atom. The molecule has 0 spiro atoms. The number of hydrazine groups is 1. The Labute approximate surface area is 131 Å². The van der Waals surface area contributed by atoms with Gasteiger partial charge in [0.05, 0.1) is 11.1 Å². The van der Waals surface area contributed by atoms with Gasteiger partial charge < -0.3 is 4.98 Å². The van der Waals surface area contributed by atoms with Crippen LogP contribution in [-0.4, -0.2) is 16.8 Å². The summed E-state index contributed by atoms with van der Waals surface area (Å²) in [6, 6.07) is 5.74. The molecule has 0 aliphatic carbocycles. The van der Waals surface area contributed by atoms with Crippen molar-refractivity contribution in [2.45, 2.75) is 6.18 Å². The van der Waals surface area contributed by atoms with E-state index < -0.39 is 29.1 Å². The zero-order chi connectivity index (χ0) is 16.3. The first-order valence-electron chi connectivity index (χ1n) is 5.90. The molecule has 0 saturated carbocycles. The maximum Gasteiger partial charge on any atom is 0.417 e. The van der Waals surface area contributed by atoms with Gasteiger partial charge in [-0.2, -0.15) is 13.2 Å². The molecule has 2 amide bonds. The van der Waals surface area contributed by atoms with Gasteiger partial charge in [0.2, 0.25) is 0 Å². The Balaban J connectivity index is 2.09. The van der Waals surface area contributed by atoms with E-state index in [1.54, 1.807) is 0 Å². The van der Waals surface area contributed by atoms with Gasteiger partial charge in [0.1, 0.15) is 5.69 Å². The highest BCUT2D eigenvalue weighted by Gasteiger charge is 2.34. The van der Waals surface area contributed by atoms with Crippen molar-refractivity contribution < 1.29 is 22.8 Å². The third-order valence-electron chi connectivity index (χ3n) is 2.66. The summed E-state index contributed by atoms with van der Waals surface area (Å²) in [4.78, 5) is 26.1. The largest absolute Gasteiger partial charge is 0.417 e. The second-order valence-corrected chi connectivity index (χ2v) is 5.10. The number of rotatable bonds is 2. The van der Waals surface area contributed by atoms with Crippen LogP contribution in [0.15, 0.2) is 41.0 Å². The highest BCUT2D eigenvalue weighted by molar-refractivity contribution is 9.10. The predicted octanol–water partition coefficient (Wildman–Crippen LogP) is 2.87. The molecular formula is C13H9BrF3N3O2. The molecule has 0 aliphatic rings. The van der Waals surface area contributed by atoms with Gasteiger partial charge in [0, 0.05) is 10.7 Å². The normalized spacial score (nSPS) is 11.1. The molecule has 2 rings (SSSR count). The summed E-state index contributed by atoms with van der Waals surface area (Å²) in [5.41, 5.74) is 2.45. The van der Waals surface area contributed by atoms with E-state index in [9.17, 15) is 22.8 Å². The number of hydrogen-bond donors (Lipinski definition) is 3. The van der Waals surface area contributed by atoms with Crippen LogP contribution >= 0.6 is 15.9 Å². The van der Waals surface area contributed by atoms with E-state index in [1.165, 1.54) is 24.4 Å². The molecule has 0 unspecified atom stereocenters. The van der Waals surface area contributed by atoms with Crippen molar-refractivity contribution >= 4 is 27.7 Å². The third kappa shape index (κ3) is 3.67. The van der Waals surface area contributed by atoms with Crippen molar-refractivity contribution in [1.29, 1.82) is 0 Å². The SMILES string of the molecule is O=C(NNC(=O)c1ccccc1C(F)(F)F)c1cc(Br)c[nH]1. The van der Waals surface area contributed by atoms with Crippen LogP contribution in [0.25, 0.3) is 0 Å². The summed E-state index contributed by atoms with van der Waals surface area (Å²) >= 11 is 3.12. The number of carbonyl (C=O) groups excluding carboxylic acids is 2. The quantitative estimate of drug-likeness (QED) is 0.706. The lowest BCUT2D eigenvalue weighted by molar-refractivity contribution is -0.137. The van der Waals surface area contributed by atoms with Crippen molar-refractivity contribution in [2.24, 2.45) is 0 Å². The van der Waals surface area contributed by atoms with Gasteiger partial charge in [-0.1, -0.05) is 12.1 Å². The number of aromatic nitrogens is 1. The minimum atomic E-state index is -4.66. The lowest BCUT2D eigenvalue weighted by Crippen LogP contribution is -2.42. The number of hydrogen-bond acceptors (Lipinski definition) is 2. The lowest BCUT2D eigenvalue weighted by atomic mass is 10.1. The number of halogens is 4. The van der Waals surface area contributed by atoms with Crippen molar-refractivity contribution in [3.8, 4) is 0 Å². The summed E-state index contributed by atoms with van der Waals surface area (Å²) in [5.74, 6) is -1.75. The van der Waals surface area contributed by atoms with Crippen LogP contribution in [0.3, 0.4) is 0 Å². The number of benzene rings is 1. The number of H-pyrrole nitrogens is 1. The smallest absolute Gasteiger partial charge is 0.356 e. The van der Waals surface area contributed by atoms with E-state index in [4.69, 9.17) is 0 Å². The van der Waals surface area contributed by atoms with Gasteiger partial charge in [-0.3, -0.25) is 20.4 Å². The van der Waals surface area contributed by atoms with Gasteiger partial charge in [-0.25, -0.2) is 0 Å². The average Bonchev–Trinajstić information content (AvgIpc) is 2.90. The number of nitrogens with one attached hydrogen (secondary N) is 3. The van der Waals surface area contributed by atoms with Gasteiger partial charge in [0.25, 0.3) is 11.8 Å². The first kappa shape index (κ1) is 16.1. The summed E-state index contributed by atoms with van der Waals surface area (Å²) in [7, 11) is 0. The van der Waals surface area contributed by atoms with E-state index in [1.807, 2.05) is 10.9 Å². The zero-order valence-electron chi connectivity index (χ0n) is 10.8. The summed E-state index contributed by atoms with van der Waals surface area (Å²) < 4.78 is 39.0. The summed E-state index contributed by atoms with van der Waals surface area (Å²) in [6.45, 7) is 0. The molecule has 0 saturated heterocycles. The summed E-state index contributed by atoms with van der Waals surface area (Å²) in [5, 5.41) is 0. The minimum absolute atomic E-state index is 0.135. The molecule has 1 heterocycles. The monoisotopic (exact) mass is 375 g/mol. The van der Waals surface area contributed by atoms with E-state index >= 15 is 0 Å². The molecule has 22 heavy (non-hydrogen) atoms. The number of aromatic amines is 1. The Hall–Kier alpha value is -2.29. The van der Waals surface area contributed by atoms with E-state index in [-0.39, 0.29) is 5.69 Å². The average molecular weight is 376 g/mol. The molecule has 5 nitrogen and oxygen atoms in total. The Morgan fingerprint density at radius 2 is 1.73 bits per heavy atom. The fourth-order valence-electron chi connectivity index (χ4n) is 1.68. The predicted molar refractivity (Wildman–Crippen MR) is 74.9 cm³/mol. The van der Waals surface area contributed by atoms with Crippen LogP contribution in [0.1, 0.15) is 26.4 Å². The van der Waals surface area contributed by atoms with Gasteiger partial charge in [-0.05, 0) is 34.1 Å². The van der Waals surface area contributed by atoms with Crippen molar-refractivity contribution in [3.63, 3.8) is 0 Å². The van der Waals surface area contributed by atoms with Crippen LogP contribution < -0.4 is 10.9 Å². The minimum Gasteiger partial charge on any atom is -0.356 e. The lowest BCUT2D eigenvalue weighted by Gasteiger charge is -2.12. The molecular weight excluding hydrogens is 367 g/mol. The zero-order valence-corrected chi connectivity index (χ0v) is 12.4. The molecule has 1 aromatic heterocycles. The highest BCUT2D eigenvalue weighted by atomic mass is 79.9. The Morgan fingerprint density at radius 1 is 1.09 bits per heavy atom. The van der Waals surface area contributed by atoms with Crippen molar-refractivity contribution in [2.75, 3.05) is 0 Å². The van der Waals surface area contributed by atoms with Crippen LogP contribution in [0, 0.1) is 0 Å². The molecule has 3 N–H and O–H groups in total. The van der Waals surface area contributed by atoms with E-state index in [0.29, 0.717) is 4.47 Å². The van der Waals surface area contributed by atoms with E-state index in [0.717, 1.165) is 12.1 Å². The molecule has 0 radical (unpaired) electrons. The van der Waals surface area contributed by atoms with Gasteiger partial charge in [-0.15, -0.1) is 0 Å². The standard InChI is InChI=1S/C13H9BrF3N3O2/c14-7-5-10(18-6-7)12(22)20-19-11(21)8-3-1-2-4-9(8)13(15,16)17/h1-6,18H,(H,19,21)(H,20,22). The summed E-state index contributed by atoms with van der Waals surface area (Å²) in [6.07, 6.45) is -3.17. The maximum atomic E-state index is 12.8. The Bertz CT molecular complexity index is 713. The first-order chi connectivity index (χ1) is 10.3. The van der Waals surface area contributed by atoms with Crippen molar-refractivity contribution in [1.82, 2.24) is 15.8 Å². The number of alkyl halides is 3. The molecule has 0 bridgehead atoms. The highest BCUT2D eigenvalue weighted by Crippen LogP contribution is 2.31. The molecule has 0 aliphatic heterocycles. The van der Waals surface area contributed by atoms with Crippen LogP contribution in [-0.2, 0) is 6.18 Å². The Kier molecular flexibility index (Phi) is 4.55. The number of carbonyl (C=O) groups is 2. The molecule has 0 atom stereocenters. The van der Waals surface area contributed by atoms with Crippen LogP contribution in [0.5, 0.6) is 0 Å². The molecule has 116 valence electrons. The fourth-order valence-corrected chi connectivity index (χ4v) is 2.02. The van der Waals surface area contributed by atoms with Gasteiger partial charge in [0.15, 0.2) is 0 Å². The number of amides is 2. The third-order valence-corrected chi connectivity index (χ3v) is 3.12. The topological polar surface area (TPSA) is 74.0 Å². The molecule has 0 fully saturated rings. The van der Waals surface area contributed by atoms with Crippen LogP contribution in [0.4, 0.5) is 13.2 Å². The fraction of sp³-hybridized carbons (Fsp3) is 0.0769.